The standard InChI is InChI=1S/C8H9ClO2/c9-8(7(10)11)4-5-1-2-6(8)3-5/h1-2,5-6H,3-4H2,(H,10,11)/t5-,6+,8-/m1/s1. The molecule has 60 valence electrons. The van der Waals surface area contributed by atoms with Crippen LogP contribution in [0.5, 0.6) is 0 Å². The first-order chi connectivity index (χ1) is 5.13. The zero-order valence-corrected chi connectivity index (χ0v) is 6.71. The van der Waals surface area contributed by atoms with Crippen molar-refractivity contribution >= 4 is 17.6 Å². The summed E-state index contributed by atoms with van der Waals surface area (Å²) in [7, 11) is 0. The molecule has 2 nitrogen and oxygen atoms in total. The molecule has 0 aliphatic heterocycles. The molecular formula is C8H9ClO2. The molecule has 2 bridgehead atoms. The van der Waals surface area contributed by atoms with Crippen LogP contribution in [0.3, 0.4) is 0 Å². The largest absolute Gasteiger partial charge is 0.480 e. The molecule has 0 amide bonds. The van der Waals surface area contributed by atoms with Crippen molar-refractivity contribution in [2.75, 3.05) is 0 Å². The SMILES string of the molecule is O=C(O)[C@@]1(Cl)C[C@@H]2C=C[C@H]1C2. The number of halogens is 1. The zero-order chi connectivity index (χ0) is 8.06. The summed E-state index contributed by atoms with van der Waals surface area (Å²) in [6.45, 7) is 0. The number of hydrogen-bond acceptors (Lipinski definition) is 1. The highest BCUT2D eigenvalue weighted by Gasteiger charge is 2.52. The number of allylic oxidation sites excluding steroid dienone is 2. The van der Waals surface area contributed by atoms with E-state index in [0.29, 0.717) is 12.3 Å². The first-order valence-electron chi connectivity index (χ1n) is 3.73. The average Bonchev–Trinajstić information content (AvgIpc) is 2.45. The normalized spacial score (nSPS) is 46.6. The minimum Gasteiger partial charge on any atom is -0.480 e. The molecule has 0 aromatic heterocycles. The van der Waals surface area contributed by atoms with E-state index in [0.717, 1.165) is 6.42 Å². The predicted molar refractivity (Wildman–Crippen MR) is 41.6 cm³/mol. The van der Waals surface area contributed by atoms with Gasteiger partial charge < -0.3 is 5.11 Å². The fourth-order valence-electron chi connectivity index (χ4n) is 2.04. The lowest BCUT2D eigenvalue weighted by Crippen LogP contribution is -2.36. The minimum absolute atomic E-state index is 0.0617. The molecule has 2 aliphatic carbocycles. The number of fused-ring (bicyclic) bond motifs is 2. The van der Waals surface area contributed by atoms with Crippen LogP contribution in [0.15, 0.2) is 12.2 Å². The van der Waals surface area contributed by atoms with Crippen molar-refractivity contribution in [2.45, 2.75) is 17.7 Å². The van der Waals surface area contributed by atoms with Gasteiger partial charge in [-0.2, -0.15) is 0 Å². The first-order valence-corrected chi connectivity index (χ1v) is 4.11. The number of rotatable bonds is 1. The van der Waals surface area contributed by atoms with Crippen LogP contribution in [0.2, 0.25) is 0 Å². The van der Waals surface area contributed by atoms with Gasteiger partial charge in [-0.3, -0.25) is 4.79 Å². The third-order valence-electron chi connectivity index (χ3n) is 2.67. The molecule has 3 heteroatoms. The second-order valence-electron chi connectivity index (χ2n) is 3.36. The number of alkyl halides is 1. The van der Waals surface area contributed by atoms with E-state index in [1.54, 1.807) is 0 Å². The van der Waals surface area contributed by atoms with Crippen molar-refractivity contribution < 1.29 is 9.90 Å². The van der Waals surface area contributed by atoms with E-state index in [1.165, 1.54) is 0 Å². The van der Waals surface area contributed by atoms with Gasteiger partial charge in [0.1, 0.15) is 4.87 Å². The second kappa shape index (κ2) is 2.01. The lowest BCUT2D eigenvalue weighted by Gasteiger charge is -2.22. The molecule has 1 fully saturated rings. The van der Waals surface area contributed by atoms with E-state index in [4.69, 9.17) is 16.7 Å². The number of hydrogen-bond donors (Lipinski definition) is 1. The van der Waals surface area contributed by atoms with Gasteiger partial charge in [-0.25, -0.2) is 0 Å². The van der Waals surface area contributed by atoms with E-state index in [2.05, 4.69) is 6.08 Å². The molecule has 11 heavy (non-hydrogen) atoms. The van der Waals surface area contributed by atoms with Gasteiger partial charge in [-0.1, -0.05) is 12.2 Å². The lowest BCUT2D eigenvalue weighted by molar-refractivity contribution is -0.140. The first kappa shape index (κ1) is 7.17. The van der Waals surface area contributed by atoms with Crippen LogP contribution in [-0.4, -0.2) is 16.0 Å². The molecule has 0 aromatic carbocycles. The van der Waals surface area contributed by atoms with Gasteiger partial charge in [0.2, 0.25) is 0 Å². The molecule has 2 rings (SSSR count). The monoisotopic (exact) mass is 172 g/mol. The quantitative estimate of drug-likeness (QED) is 0.482. The lowest BCUT2D eigenvalue weighted by atomic mass is 9.93. The van der Waals surface area contributed by atoms with Crippen LogP contribution in [0.1, 0.15) is 12.8 Å². The van der Waals surface area contributed by atoms with Gasteiger partial charge in [-0.05, 0) is 18.8 Å². The maximum Gasteiger partial charge on any atom is 0.325 e. The summed E-state index contributed by atoms with van der Waals surface area (Å²) in [5.41, 5.74) is 0. The maximum atomic E-state index is 10.7. The van der Waals surface area contributed by atoms with Crippen molar-refractivity contribution in [3.05, 3.63) is 12.2 Å². The number of carboxylic acids is 1. The number of carbonyl (C=O) groups is 1. The molecule has 0 aromatic rings. The van der Waals surface area contributed by atoms with Crippen molar-refractivity contribution in [1.29, 1.82) is 0 Å². The zero-order valence-electron chi connectivity index (χ0n) is 5.96. The van der Waals surface area contributed by atoms with Gasteiger partial charge in [-0.15, -0.1) is 11.6 Å². The molecule has 0 unspecified atom stereocenters. The van der Waals surface area contributed by atoms with E-state index >= 15 is 0 Å². The Kier molecular flexibility index (Phi) is 1.31. The summed E-state index contributed by atoms with van der Waals surface area (Å²) >= 11 is 5.95. The summed E-state index contributed by atoms with van der Waals surface area (Å²) in [5, 5.41) is 8.83. The topological polar surface area (TPSA) is 37.3 Å². The summed E-state index contributed by atoms with van der Waals surface area (Å²) in [5.74, 6) is -0.392. The summed E-state index contributed by atoms with van der Waals surface area (Å²) in [4.78, 5) is 9.76. The van der Waals surface area contributed by atoms with E-state index in [9.17, 15) is 4.79 Å². The van der Waals surface area contributed by atoms with Gasteiger partial charge >= 0.3 is 5.97 Å². The number of carboxylic acid groups (broad SMARTS) is 1. The molecular weight excluding hydrogens is 164 g/mol. The third-order valence-corrected chi connectivity index (χ3v) is 3.27. The van der Waals surface area contributed by atoms with E-state index in [1.807, 2.05) is 6.08 Å². The van der Waals surface area contributed by atoms with Crippen LogP contribution in [0, 0.1) is 11.8 Å². The molecule has 2 aliphatic rings. The van der Waals surface area contributed by atoms with Crippen molar-refractivity contribution in [3.63, 3.8) is 0 Å². The van der Waals surface area contributed by atoms with Gasteiger partial charge in [0.25, 0.3) is 0 Å². The second-order valence-corrected chi connectivity index (χ2v) is 4.03. The Hall–Kier alpha value is -0.500. The van der Waals surface area contributed by atoms with E-state index < -0.39 is 10.8 Å². The fourth-order valence-corrected chi connectivity index (χ4v) is 2.40. The number of aliphatic carboxylic acids is 1. The molecule has 3 atom stereocenters. The highest BCUT2D eigenvalue weighted by atomic mass is 35.5. The highest BCUT2D eigenvalue weighted by Crippen LogP contribution is 2.50. The maximum absolute atomic E-state index is 10.7. The van der Waals surface area contributed by atoms with Crippen LogP contribution in [0.4, 0.5) is 0 Å². The smallest absolute Gasteiger partial charge is 0.325 e. The summed E-state index contributed by atoms with van der Waals surface area (Å²) in [6.07, 6.45) is 5.55. The Labute approximate surface area is 69.9 Å². The highest BCUT2D eigenvalue weighted by molar-refractivity contribution is 6.34. The van der Waals surface area contributed by atoms with Gasteiger partial charge in [0.15, 0.2) is 0 Å². The summed E-state index contributed by atoms with van der Waals surface area (Å²) < 4.78 is 0. The van der Waals surface area contributed by atoms with Crippen LogP contribution in [0.25, 0.3) is 0 Å². The predicted octanol–water partition coefficient (Wildman–Crippen LogP) is 1.64. The fraction of sp³-hybridized carbons (Fsp3) is 0.625. The Morgan fingerprint density at radius 2 is 2.36 bits per heavy atom. The van der Waals surface area contributed by atoms with Crippen LogP contribution < -0.4 is 0 Å². The molecule has 0 spiro atoms. The van der Waals surface area contributed by atoms with Crippen LogP contribution >= 0.6 is 11.6 Å². The third kappa shape index (κ3) is 0.822. The van der Waals surface area contributed by atoms with Crippen molar-refractivity contribution in [1.82, 2.24) is 0 Å². The van der Waals surface area contributed by atoms with Gasteiger partial charge in [0, 0.05) is 5.92 Å². The Morgan fingerprint density at radius 3 is 2.64 bits per heavy atom. The van der Waals surface area contributed by atoms with Crippen LogP contribution in [-0.2, 0) is 4.79 Å². The molecule has 1 N–H and O–H groups in total. The molecule has 0 saturated heterocycles. The van der Waals surface area contributed by atoms with Crippen molar-refractivity contribution in [3.8, 4) is 0 Å². The minimum atomic E-state index is -0.987. The Bertz CT molecular complexity index is 236. The molecule has 1 saturated carbocycles. The van der Waals surface area contributed by atoms with E-state index in [-0.39, 0.29) is 5.92 Å². The molecule has 0 heterocycles. The Morgan fingerprint density at radius 1 is 1.64 bits per heavy atom. The average molecular weight is 173 g/mol. The van der Waals surface area contributed by atoms with Crippen molar-refractivity contribution in [2.24, 2.45) is 11.8 Å². The Balaban J connectivity index is 2.30. The summed E-state index contributed by atoms with van der Waals surface area (Å²) in [6, 6.07) is 0. The van der Waals surface area contributed by atoms with Gasteiger partial charge in [0.05, 0.1) is 0 Å². The molecule has 0 radical (unpaired) electrons.